The number of fused-ring (bicyclic) bond motifs is 2. The summed E-state index contributed by atoms with van der Waals surface area (Å²) in [7, 11) is 0. The van der Waals surface area contributed by atoms with Crippen LogP contribution in [0.15, 0.2) is 60.8 Å². The van der Waals surface area contributed by atoms with Crippen molar-refractivity contribution in [3.8, 4) is 22.8 Å². The Morgan fingerprint density at radius 2 is 1.85 bits per heavy atom. The second-order valence-electron chi connectivity index (χ2n) is 11.7. The normalized spacial score (nSPS) is 18.6. The molecule has 2 aromatic carbocycles. The Balaban J connectivity index is 1.40. The number of halogens is 4. The van der Waals surface area contributed by atoms with Gasteiger partial charge in [-0.1, -0.05) is 6.07 Å². The Morgan fingerprint density at radius 3 is 2.53 bits per heavy atom. The molecule has 2 atom stereocenters. The Hall–Kier alpha value is -4.82. The molecule has 1 unspecified atom stereocenters. The number of benzene rings is 2. The third-order valence-electron chi connectivity index (χ3n) is 8.24. The number of aromatic nitrogens is 2. The minimum absolute atomic E-state index is 0.0129. The van der Waals surface area contributed by atoms with E-state index in [0.29, 0.717) is 16.7 Å². The molecule has 4 aromatic rings. The summed E-state index contributed by atoms with van der Waals surface area (Å²) in [6, 6.07) is 11.8. The molecule has 10 nitrogen and oxygen atoms in total. The van der Waals surface area contributed by atoms with E-state index in [9.17, 15) is 37.4 Å². The predicted octanol–water partition coefficient (Wildman–Crippen LogP) is 3.92. The van der Waals surface area contributed by atoms with Gasteiger partial charge < -0.3 is 30.3 Å². The SMILES string of the molecule is C[C@]1(C(=O)NCCO)COc2c1cc(C(O)(CNC(=O)c1cc(OC3CC3)c3ncccc3c1)C(F)(F)F)nc2-c1ccc(F)cc1. The van der Waals surface area contributed by atoms with Crippen molar-refractivity contribution >= 4 is 22.7 Å². The number of carbonyl (C=O) groups excluding carboxylic acids is 2. The van der Waals surface area contributed by atoms with Crippen LogP contribution in [-0.2, 0) is 15.8 Å². The molecule has 0 saturated heterocycles. The Labute approximate surface area is 265 Å². The van der Waals surface area contributed by atoms with Crippen molar-refractivity contribution in [2.75, 3.05) is 26.3 Å². The first-order valence-electron chi connectivity index (χ1n) is 14.8. The number of hydrogen-bond acceptors (Lipinski definition) is 8. The van der Waals surface area contributed by atoms with Crippen LogP contribution in [0.1, 0.15) is 41.4 Å². The lowest BCUT2D eigenvalue weighted by molar-refractivity contribution is -0.265. The number of rotatable bonds is 10. The second-order valence-corrected chi connectivity index (χ2v) is 11.7. The molecule has 0 bridgehead atoms. The molecule has 3 heterocycles. The van der Waals surface area contributed by atoms with Gasteiger partial charge in [0.05, 0.1) is 24.9 Å². The fourth-order valence-electron chi connectivity index (χ4n) is 5.34. The first-order valence-corrected chi connectivity index (χ1v) is 14.8. The Morgan fingerprint density at radius 1 is 1.11 bits per heavy atom. The number of pyridine rings is 2. The molecule has 1 aliphatic heterocycles. The van der Waals surface area contributed by atoms with Crippen molar-refractivity contribution in [1.82, 2.24) is 20.6 Å². The summed E-state index contributed by atoms with van der Waals surface area (Å²) in [4.78, 5) is 35.0. The molecule has 246 valence electrons. The minimum atomic E-state index is -5.37. The van der Waals surface area contributed by atoms with Gasteiger partial charge in [-0.2, -0.15) is 13.2 Å². The highest BCUT2D eigenvalue weighted by Gasteiger charge is 2.58. The van der Waals surface area contributed by atoms with E-state index in [1.54, 1.807) is 18.3 Å². The van der Waals surface area contributed by atoms with Crippen molar-refractivity contribution in [3.05, 3.63) is 83.4 Å². The van der Waals surface area contributed by atoms with Gasteiger partial charge in [-0.15, -0.1) is 0 Å². The number of hydrogen-bond donors (Lipinski definition) is 4. The minimum Gasteiger partial charge on any atom is -0.489 e. The number of ether oxygens (including phenoxy) is 2. The van der Waals surface area contributed by atoms with E-state index in [1.807, 2.05) is 0 Å². The maximum Gasteiger partial charge on any atom is 0.424 e. The summed E-state index contributed by atoms with van der Waals surface area (Å²) in [6.45, 7) is -0.699. The van der Waals surface area contributed by atoms with E-state index in [1.165, 1.54) is 31.2 Å². The monoisotopic (exact) mass is 654 g/mol. The van der Waals surface area contributed by atoms with Crippen molar-refractivity contribution in [2.45, 2.75) is 43.1 Å². The van der Waals surface area contributed by atoms with Crippen LogP contribution in [0.5, 0.6) is 11.5 Å². The Bertz CT molecular complexity index is 1850. The molecule has 1 fully saturated rings. The molecule has 2 aromatic heterocycles. The molecule has 2 aliphatic rings. The number of amides is 2. The molecule has 1 aliphatic carbocycles. The zero-order valence-electron chi connectivity index (χ0n) is 25.0. The number of alkyl halides is 3. The van der Waals surface area contributed by atoms with Gasteiger partial charge in [-0.3, -0.25) is 14.6 Å². The fraction of sp³-hybridized carbons (Fsp3) is 0.333. The molecule has 2 amide bonds. The van der Waals surface area contributed by atoms with E-state index < -0.39 is 47.1 Å². The summed E-state index contributed by atoms with van der Waals surface area (Å²) in [5.74, 6) is -1.89. The predicted molar refractivity (Wildman–Crippen MR) is 160 cm³/mol. The number of nitrogens with one attached hydrogen (secondary N) is 2. The van der Waals surface area contributed by atoms with Crippen LogP contribution in [0.2, 0.25) is 0 Å². The van der Waals surface area contributed by atoms with Crippen molar-refractivity contribution in [3.63, 3.8) is 0 Å². The van der Waals surface area contributed by atoms with Gasteiger partial charge in [0, 0.05) is 34.8 Å². The second kappa shape index (κ2) is 12.1. The third-order valence-corrected chi connectivity index (χ3v) is 8.24. The summed E-state index contributed by atoms with van der Waals surface area (Å²) >= 11 is 0. The topological polar surface area (TPSA) is 143 Å². The van der Waals surface area contributed by atoms with Crippen LogP contribution in [-0.4, -0.2) is 70.6 Å². The lowest BCUT2D eigenvalue weighted by Gasteiger charge is -2.31. The molecular formula is C33H30F4N4O6. The maximum absolute atomic E-state index is 14.9. The standard InChI is InChI=1S/C33H30F4N4O6/c1-31(30(44)39-11-12-42)17-46-28-23(31)15-25(41-27(28)18-4-6-21(34)7-5-18)32(45,33(35,36)37)16-40-29(43)20-13-19-3-2-10-38-26(19)24(14-20)47-22-8-9-22/h2-7,10,13-15,22,42,45H,8-9,11-12,16-17H2,1H3,(H,39,44)(H,40,43)/t31-,32?/m0/s1. The lowest BCUT2D eigenvalue weighted by atomic mass is 9.81. The van der Waals surface area contributed by atoms with Gasteiger partial charge in [0.2, 0.25) is 11.5 Å². The van der Waals surface area contributed by atoms with Crippen LogP contribution in [0.25, 0.3) is 22.2 Å². The molecule has 1 saturated carbocycles. The van der Waals surface area contributed by atoms with Gasteiger partial charge in [-0.05, 0) is 68.3 Å². The average Bonchev–Trinajstić information content (AvgIpc) is 3.81. The quantitative estimate of drug-likeness (QED) is 0.189. The van der Waals surface area contributed by atoms with Crippen LogP contribution in [0.4, 0.5) is 17.6 Å². The third kappa shape index (κ3) is 6.05. The van der Waals surface area contributed by atoms with Gasteiger partial charge in [0.1, 0.15) is 40.5 Å². The van der Waals surface area contributed by atoms with Crippen LogP contribution >= 0.6 is 0 Å². The summed E-state index contributed by atoms with van der Waals surface area (Å²) in [5.41, 5.74) is -5.77. The average molecular weight is 655 g/mol. The van der Waals surface area contributed by atoms with Crippen LogP contribution in [0, 0.1) is 5.82 Å². The number of aliphatic hydroxyl groups excluding tert-OH is 1. The highest BCUT2D eigenvalue weighted by atomic mass is 19.4. The molecule has 47 heavy (non-hydrogen) atoms. The summed E-state index contributed by atoms with van der Waals surface area (Å²) in [6.07, 6.45) is -2.21. The first kappa shape index (κ1) is 32.1. The van der Waals surface area contributed by atoms with Crippen LogP contribution in [0.3, 0.4) is 0 Å². The molecule has 14 heteroatoms. The maximum atomic E-state index is 14.9. The summed E-state index contributed by atoms with van der Waals surface area (Å²) in [5, 5.41) is 25.8. The first-order chi connectivity index (χ1) is 22.3. The van der Waals surface area contributed by atoms with Gasteiger partial charge in [-0.25, -0.2) is 9.37 Å². The number of carbonyl (C=O) groups is 2. The van der Waals surface area contributed by atoms with E-state index in [2.05, 4.69) is 20.6 Å². The zero-order chi connectivity index (χ0) is 33.6. The molecular weight excluding hydrogens is 624 g/mol. The smallest absolute Gasteiger partial charge is 0.424 e. The largest absolute Gasteiger partial charge is 0.489 e. The van der Waals surface area contributed by atoms with Gasteiger partial charge in [0.15, 0.2) is 0 Å². The van der Waals surface area contributed by atoms with E-state index in [0.717, 1.165) is 31.0 Å². The van der Waals surface area contributed by atoms with Gasteiger partial charge >= 0.3 is 6.18 Å². The number of nitrogens with zero attached hydrogens (tertiary/aromatic N) is 2. The Kier molecular flexibility index (Phi) is 8.26. The molecule has 6 rings (SSSR count). The van der Waals surface area contributed by atoms with E-state index >= 15 is 0 Å². The van der Waals surface area contributed by atoms with Gasteiger partial charge in [0.25, 0.3) is 5.91 Å². The van der Waals surface area contributed by atoms with Crippen molar-refractivity contribution < 1.29 is 46.8 Å². The molecule has 4 N–H and O–H groups in total. The van der Waals surface area contributed by atoms with E-state index in [-0.39, 0.29) is 54.0 Å². The van der Waals surface area contributed by atoms with Crippen molar-refractivity contribution in [2.24, 2.45) is 0 Å². The highest BCUT2D eigenvalue weighted by molar-refractivity contribution is 6.00. The fourth-order valence-corrected chi connectivity index (χ4v) is 5.34. The lowest BCUT2D eigenvalue weighted by Crippen LogP contribution is -2.52. The zero-order valence-corrected chi connectivity index (χ0v) is 25.0. The van der Waals surface area contributed by atoms with Crippen molar-refractivity contribution in [1.29, 1.82) is 0 Å². The van der Waals surface area contributed by atoms with Crippen LogP contribution < -0.4 is 20.1 Å². The number of aliphatic hydroxyl groups is 2. The molecule has 0 spiro atoms. The summed E-state index contributed by atoms with van der Waals surface area (Å²) < 4.78 is 70.1. The van der Waals surface area contributed by atoms with E-state index in [4.69, 9.17) is 9.47 Å². The molecule has 0 radical (unpaired) electrons. The highest BCUT2D eigenvalue weighted by Crippen LogP contribution is 2.48.